The summed E-state index contributed by atoms with van der Waals surface area (Å²) in [6.07, 6.45) is -11.2. The molecule has 3 aliphatic rings. The number of ether oxygens (including phenoxy) is 7. The number of aliphatic hydroxyl groups is 5. The Morgan fingerprint density at radius 1 is 0.882 bits per heavy atom. The van der Waals surface area contributed by atoms with Crippen molar-refractivity contribution in [2.75, 3.05) is 21.2 Å². The van der Waals surface area contributed by atoms with Crippen LogP contribution in [-0.2, 0) is 42.7 Å². The van der Waals surface area contributed by atoms with Crippen LogP contribution in [0.15, 0.2) is 0 Å². The average Bonchev–Trinajstić information content (AvgIpc) is 3.03. The largest absolute Gasteiger partial charge is 0.462 e. The lowest BCUT2D eigenvalue weighted by molar-refractivity contribution is -0.315. The Labute approximate surface area is 302 Å². The van der Waals surface area contributed by atoms with Crippen LogP contribution in [0.3, 0.4) is 0 Å². The Hall–Kier alpha value is -1.50. The van der Waals surface area contributed by atoms with Crippen molar-refractivity contribution in [3.8, 4) is 0 Å². The van der Waals surface area contributed by atoms with Crippen LogP contribution in [0.4, 0.5) is 0 Å². The third kappa shape index (κ3) is 10.2. The van der Waals surface area contributed by atoms with Gasteiger partial charge in [0.1, 0.15) is 30.0 Å². The summed E-state index contributed by atoms with van der Waals surface area (Å²) in [5, 5.41) is 57.1. The fourth-order valence-corrected chi connectivity index (χ4v) is 7.84. The first-order valence-electron chi connectivity index (χ1n) is 18.2. The minimum Gasteiger partial charge on any atom is -0.462 e. The summed E-state index contributed by atoms with van der Waals surface area (Å²) in [6.45, 7) is 14.4. The minimum atomic E-state index is -2.04. The predicted molar refractivity (Wildman–Crippen MR) is 183 cm³/mol. The van der Waals surface area contributed by atoms with Crippen LogP contribution in [0.25, 0.3) is 0 Å². The first-order chi connectivity index (χ1) is 23.5. The fourth-order valence-electron chi connectivity index (χ4n) is 7.84. The van der Waals surface area contributed by atoms with E-state index in [2.05, 4.69) is 0 Å². The first kappa shape index (κ1) is 43.9. The van der Waals surface area contributed by atoms with Crippen molar-refractivity contribution in [2.24, 2.45) is 11.8 Å². The highest BCUT2D eigenvalue weighted by atomic mass is 16.7. The van der Waals surface area contributed by atoms with E-state index in [-0.39, 0.29) is 31.4 Å². The summed E-state index contributed by atoms with van der Waals surface area (Å²) in [5.74, 6) is -3.69. The average molecular weight is 736 g/mol. The Morgan fingerprint density at radius 2 is 1.51 bits per heavy atom. The van der Waals surface area contributed by atoms with Gasteiger partial charge >= 0.3 is 11.9 Å². The summed E-state index contributed by atoms with van der Waals surface area (Å²) >= 11 is 0. The Balaban J connectivity index is 2.13. The molecule has 3 saturated heterocycles. The quantitative estimate of drug-likeness (QED) is 0.234. The highest BCUT2D eigenvalue weighted by Gasteiger charge is 2.51. The van der Waals surface area contributed by atoms with Gasteiger partial charge in [0.2, 0.25) is 0 Å². The molecule has 0 aliphatic carbocycles. The third-order valence-corrected chi connectivity index (χ3v) is 11.2. The number of rotatable bonds is 7. The molecule has 0 bridgehead atoms. The van der Waals surface area contributed by atoms with Crippen molar-refractivity contribution < 1.29 is 68.3 Å². The second-order valence-electron chi connectivity index (χ2n) is 16.0. The molecule has 15 heteroatoms. The molecule has 3 rings (SSSR count). The zero-order chi connectivity index (χ0) is 38.8. The van der Waals surface area contributed by atoms with E-state index in [1.165, 1.54) is 27.9 Å². The first-order valence-corrected chi connectivity index (χ1v) is 18.2. The summed E-state index contributed by atoms with van der Waals surface area (Å²) in [5.41, 5.74) is -4.89. The normalized spacial score (nSPS) is 48.4. The van der Waals surface area contributed by atoms with Gasteiger partial charge in [-0.1, -0.05) is 13.8 Å². The molecular formula is C36H65NO14. The van der Waals surface area contributed by atoms with Crippen LogP contribution < -0.4 is 0 Å². The number of likely N-dealkylation sites (N-methyl/N-ethyl adjacent to an activating group) is 1. The number of cyclic esters (lactones) is 2. The van der Waals surface area contributed by atoms with Gasteiger partial charge in [-0.25, -0.2) is 0 Å². The molecule has 0 aromatic rings. The van der Waals surface area contributed by atoms with Gasteiger partial charge < -0.3 is 63.6 Å². The van der Waals surface area contributed by atoms with E-state index in [1.54, 1.807) is 34.6 Å². The molecule has 0 aromatic carbocycles. The smallest absolute Gasteiger partial charge is 0.311 e. The molecule has 0 spiro atoms. The van der Waals surface area contributed by atoms with Crippen LogP contribution in [0.5, 0.6) is 0 Å². The summed E-state index contributed by atoms with van der Waals surface area (Å²) in [4.78, 5) is 28.9. The zero-order valence-electron chi connectivity index (χ0n) is 32.5. The van der Waals surface area contributed by atoms with Gasteiger partial charge in [0.15, 0.2) is 12.6 Å². The molecule has 3 heterocycles. The predicted octanol–water partition coefficient (Wildman–Crippen LogP) is 1.27. The van der Waals surface area contributed by atoms with Crippen molar-refractivity contribution in [3.63, 3.8) is 0 Å². The number of esters is 2. The third-order valence-electron chi connectivity index (χ3n) is 11.2. The van der Waals surface area contributed by atoms with Crippen molar-refractivity contribution in [3.05, 3.63) is 0 Å². The van der Waals surface area contributed by atoms with Crippen LogP contribution in [0.2, 0.25) is 0 Å². The van der Waals surface area contributed by atoms with Crippen molar-refractivity contribution >= 4 is 11.9 Å². The van der Waals surface area contributed by atoms with Crippen LogP contribution in [0.1, 0.15) is 94.4 Å². The Bertz CT molecular complexity index is 1150. The highest BCUT2D eigenvalue weighted by Crippen LogP contribution is 2.39. The maximum atomic E-state index is 13.8. The molecule has 17 atom stereocenters. The molecule has 0 aromatic heterocycles. The van der Waals surface area contributed by atoms with Gasteiger partial charge in [0.25, 0.3) is 0 Å². The van der Waals surface area contributed by atoms with Crippen LogP contribution >= 0.6 is 0 Å². The molecule has 51 heavy (non-hydrogen) atoms. The van der Waals surface area contributed by atoms with E-state index in [9.17, 15) is 35.1 Å². The van der Waals surface area contributed by atoms with Crippen molar-refractivity contribution in [1.29, 1.82) is 0 Å². The summed E-state index contributed by atoms with van der Waals surface area (Å²) < 4.78 is 42.3. The standard InChI is InChI=1S/C36H65NO14/c1-13-25-36(9,44)29(40)21(5)32(42)46-19(3)16-34(7,43)31(51-33-28(39)23(37(10)11)14-18(2)47-33)20(4)24(15-26(38)50-25)49-27-17-35(8,45-12)30(41)22(6)48-27/h18-25,27-31,33,39-41,43-44H,13-17H2,1-12H3/t18-,19-,20+,21+,22+,23+,24+,25?,27+,28-,29-,30+,31-,33+,34+,35-,36-/m1/s1. The van der Waals surface area contributed by atoms with E-state index < -0.39 is 108 Å². The van der Waals surface area contributed by atoms with Gasteiger partial charge in [0, 0.05) is 31.9 Å². The number of hydrogen-bond donors (Lipinski definition) is 5. The molecular weight excluding hydrogens is 670 g/mol. The molecule has 15 nitrogen and oxygen atoms in total. The molecule has 3 aliphatic heterocycles. The molecule has 1 unspecified atom stereocenters. The number of carbonyl (C=O) groups excluding carboxylic acids is 2. The topological polar surface area (TPSA) is 203 Å². The zero-order valence-corrected chi connectivity index (χ0v) is 32.5. The van der Waals surface area contributed by atoms with Crippen LogP contribution in [0, 0.1) is 11.8 Å². The van der Waals surface area contributed by atoms with E-state index in [0.29, 0.717) is 6.42 Å². The van der Waals surface area contributed by atoms with Gasteiger partial charge in [-0.2, -0.15) is 0 Å². The monoisotopic (exact) mass is 735 g/mol. The second kappa shape index (κ2) is 17.3. The van der Waals surface area contributed by atoms with E-state index >= 15 is 0 Å². The molecule has 0 radical (unpaired) electrons. The van der Waals surface area contributed by atoms with Gasteiger partial charge in [-0.05, 0) is 75.4 Å². The molecule has 5 N–H and O–H groups in total. The van der Waals surface area contributed by atoms with E-state index in [4.69, 9.17) is 33.2 Å². The second-order valence-corrected chi connectivity index (χ2v) is 16.0. The fraction of sp³-hybridized carbons (Fsp3) is 0.944. The van der Waals surface area contributed by atoms with Crippen molar-refractivity contribution in [1.82, 2.24) is 4.90 Å². The van der Waals surface area contributed by atoms with Crippen molar-refractivity contribution in [2.45, 2.75) is 185 Å². The lowest BCUT2D eigenvalue weighted by atomic mass is 9.81. The van der Waals surface area contributed by atoms with Gasteiger partial charge in [-0.3, -0.25) is 9.59 Å². The number of carbonyl (C=O) groups is 2. The van der Waals surface area contributed by atoms with Gasteiger partial charge in [0.05, 0.1) is 54.1 Å². The summed E-state index contributed by atoms with van der Waals surface area (Å²) in [6, 6.07) is -0.329. The summed E-state index contributed by atoms with van der Waals surface area (Å²) in [7, 11) is 5.15. The van der Waals surface area contributed by atoms with Crippen LogP contribution in [-0.4, -0.2) is 154 Å². The Morgan fingerprint density at radius 3 is 2.08 bits per heavy atom. The maximum Gasteiger partial charge on any atom is 0.311 e. The SMILES string of the molecule is CCC1OC(=O)C[C@H](O[C@H]2C[C@@](C)(OC)[C@@H](O)[C@H](C)O2)[C@H](C)[C@@H](O[C@@H]2O[C@H](C)C[C@H](N(C)C)[C@H]2O)[C@@](C)(O)C[C@@H](C)OC(=O)[C@@H](C)[C@@H](O)[C@]1(C)O. The minimum absolute atomic E-state index is 0.0883. The maximum absolute atomic E-state index is 13.8. The highest BCUT2D eigenvalue weighted by molar-refractivity contribution is 5.73. The Kier molecular flexibility index (Phi) is 14.9. The molecule has 0 saturated carbocycles. The van der Waals surface area contributed by atoms with Gasteiger partial charge in [-0.15, -0.1) is 0 Å². The molecule has 0 amide bonds. The van der Waals surface area contributed by atoms with E-state index in [0.717, 1.165) is 0 Å². The molecule has 298 valence electrons. The number of nitrogens with zero attached hydrogens (tertiary/aromatic N) is 1. The lowest BCUT2D eigenvalue weighted by Crippen LogP contribution is -2.60. The van der Waals surface area contributed by atoms with E-state index in [1.807, 2.05) is 25.9 Å². The lowest BCUT2D eigenvalue weighted by Gasteiger charge is -2.48. The number of hydrogen-bond acceptors (Lipinski definition) is 15. The number of aliphatic hydroxyl groups excluding tert-OH is 3. The molecule has 3 fully saturated rings. The number of methoxy groups -OCH3 is 1.